The number of anilines is 1. The van der Waals surface area contributed by atoms with Crippen LogP contribution in [0.25, 0.3) is 27.2 Å². The number of phenols is 1. The van der Waals surface area contributed by atoms with Gasteiger partial charge in [0.05, 0.1) is 24.9 Å². The average Bonchev–Trinajstić information content (AvgIpc) is 2.83. The number of nitriles is 1. The number of piperidine rings is 1. The zero-order valence-electron chi connectivity index (χ0n) is 18.0. The molecule has 166 valence electrons. The summed E-state index contributed by atoms with van der Waals surface area (Å²) in [6.07, 6.45) is 1.58. The smallest absolute Gasteiger partial charge is 0.222 e. The van der Waals surface area contributed by atoms with Gasteiger partial charge in [-0.15, -0.1) is 0 Å². The van der Waals surface area contributed by atoms with Gasteiger partial charge < -0.3 is 20.5 Å². The van der Waals surface area contributed by atoms with Crippen molar-refractivity contribution in [3.05, 3.63) is 65.3 Å². The number of aromatic nitrogens is 1. The van der Waals surface area contributed by atoms with Crippen LogP contribution in [0.3, 0.4) is 0 Å². The van der Waals surface area contributed by atoms with E-state index in [1.54, 1.807) is 24.3 Å². The number of ether oxygens (including phenoxy) is 1. The van der Waals surface area contributed by atoms with Gasteiger partial charge in [0.25, 0.3) is 0 Å². The van der Waals surface area contributed by atoms with Crippen molar-refractivity contribution in [2.75, 3.05) is 25.1 Å². The fourth-order valence-electron chi connectivity index (χ4n) is 3.98. The number of nitrogens with two attached hydrogens (primary N) is 1. The molecule has 0 unspecified atom stereocenters. The van der Waals surface area contributed by atoms with Gasteiger partial charge in [0, 0.05) is 30.3 Å². The summed E-state index contributed by atoms with van der Waals surface area (Å²) >= 11 is 0. The van der Waals surface area contributed by atoms with Crippen molar-refractivity contribution in [2.45, 2.75) is 18.9 Å². The van der Waals surface area contributed by atoms with E-state index in [9.17, 15) is 14.8 Å². The van der Waals surface area contributed by atoms with Gasteiger partial charge in [-0.2, -0.15) is 5.26 Å². The Hall–Kier alpha value is -4.14. The van der Waals surface area contributed by atoms with Crippen molar-refractivity contribution in [3.63, 3.8) is 0 Å². The predicted octanol–water partition coefficient (Wildman–Crippen LogP) is 4.62. The second-order valence-corrected chi connectivity index (χ2v) is 7.86. The van der Waals surface area contributed by atoms with Crippen molar-refractivity contribution in [3.8, 4) is 40.0 Å². The zero-order valence-corrected chi connectivity index (χ0v) is 18.0. The highest BCUT2D eigenvalue weighted by molar-refractivity contribution is 5.85. The molecule has 1 aliphatic rings. The van der Waals surface area contributed by atoms with Crippen molar-refractivity contribution in [1.29, 1.82) is 5.26 Å². The Kier molecular flexibility index (Phi) is 6.12. The number of halogens is 1. The van der Waals surface area contributed by atoms with Crippen LogP contribution in [0.15, 0.2) is 42.5 Å². The molecule has 1 aliphatic heterocycles. The van der Waals surface area contributed by atoms with Crippen molar-refractivity contribution >= 4 is 11.5 Å². The Balaban J connectivity index is 1.93. The Morgan fingerprint density at radius 3 is 2.55 bits per heavy atom. The van der Waals surface area contributed by atoms with E-state index in [4.69, 9.17) is 22.0 Å². The molecule has 0 spiro atoms. The number of nitrogens with zero attached hydrogens (tertiary/aromatic N) is 4. The van der Waals surface area contributed by atoms with E-state index in [0.717, 1.165) is 12.8 Å². The SMILES string of the molecule is [C-]#[N+]c1ccc(-c2cc(C#N)c(N3CCC(N)CC3)nc2-c2ccc(OC)c(O)c2)cc1F. The van der Waals surface area contributed by atoms with Crippen LogP contribution >= 0.6 is 0 Å². The minimum Gasteiger partial charge on any atom is -0.504 e. The standard InChI is InChI=1S/C25H22FN5O2/c1-29-21-5-3-15(12-20(21)26)19-11-17(14-27)25(31-9-7-18(28)8-10-31)30-24(19)16-4-6-23(33-2)22(32)13-16/h3-6,11-13,18,32H,7-10,28H2,2H3. The van der Waals surface area contributed by atoms with Crippen LogP contribution in [0.1, 0.15) is 18.4 Å². The first-order valence-corrected chi connectivity index (χ1v) is 10.5. The molecular weight excluding hydrogens is 421 g/mol. The Morgan fingerprint density at radius 2 is 1.94 bits per heavy atom. The number of hydrogen-bond donors (Lipinski definition) is 2. The van der Waals surface area contributed by atoms with Crippen LogP contribution in [-0.4, -0.2) is 36.3 Å². The normalized spacial score (nSPS) is 13.9. The monoisotopic (exact) mass is 443 g/mol. The lowest BCUT2D eigenvalue weighted by molar-refractivity contribution is 0.373. The maximum absolute atomic E-state index is 14.4. The summed E-state index contributed by atoms with van der Waals surface area (Å²) in [6, 6.07) is 13.2. The van der Waals surface area contributed by atoms with Gasteiger partial charge in [0.15, 0.2) is 11.5 Å². The van der Waals surface area contributed by atoms with Crippen molar-refractivity contribution in [2.24, 2.45) is 5.73 Å². The fraction of sp³-hybridized carbons (Fsp3) is 0.240. The molecule has 3 N–H and O–H groups in total. The van der Waals surface area contributed by atoms with Gasteiger partial charge in [-0.05, 0) is 48.7 Å². The van der Waals surface area contributed by atoms with Crippen LogP contribution in [0.4, 0.5) is 15.9 Å². The molecule has 0 saturated carbocycles. The highest BCUT2D eigenvalue weighted by Gasteiger charge is 2.23. The van der Waals surface area contributed by atoms with Crippen molar-refractivity contribution < 1.29 is 14.2 Å². The predicted molar refractivity (Wildman–Crippen MR) is 124 cm³/mol. The number of pyridine rings is 1. The van der Waals surface area contributed by atoms with Gasteiger partial charge >= 0.3 is 0 Å². The molecule has 1 fully saturated rings. The zero-order chi connectivity index (χ0) is 23.5. The third kappa shape index (κ3) is 4.30. The molecule has 3 aromatic rings. The van der Waals surface area contributed by atoms with E-state index in [1.807, 2.05) is 4.90 Å². The molecule has 33 heavy (non-hydrogen) atoms. The molecule has 2 heterocycles. The van der Waals surface area contributed by atoms with E-state index in [0.29, 0.717) is 52.6 Å². The highest BCUT2D eigenvalue weighted by Crippen LogP contribution is 2.39. The molecule has 2 aromatic carbocycles. The molecule has 1 aromatic heterocycles. The molecule has 0 radical (unpaired) electrons. The molecule has 4 rings (SSSR count). The lowest BCUT2D eigenvalue weighted by Gasteiger charge is -2.32. The third-order valence-corrected chi connectivity index (χ3v) is 5.79. The summed E-state index contributed by atoms with van der Waals surface area (Å²) < 4.78 is 19.6. The summed E-state index contributed by atoms with van der Waals surface area (Å²) in [4.78, 5) is 10.0. The van der Waals surface area contributed by atoms with Gasteiger partial charge in [-0.3, -0.25) is 0 Å². The molecule has 8 heteroatoms. The molecule has 1 saturated heterocycles. The maximum Gasteiger partial charge on any atom is 0.222 e. The van der Waals surface area contributed by atoms with Gasteiger partial charge in [-0.1, -0.05) is 12.1 Å². The molecular formula is C25H22FN5O2. The molecule has 0 amide bonds. The number of phenolic OH excluding ortho intramolecular Hbond substituents is 1. The lowest BCUT2D eigenvalue weighted by atomic mass is 9.96. The first kappa shape index (κ1) is 22.1. The van der Waals surface area contributed by atoms with Gasteiger partial charge in [0.2, 0.25) is 5.69 Å². The number of benzene rings is 2. The van der Waals surface area contributed by atoms with E-state index in [2.05, 4.69) is 10.9 Å². The summed E-state index contributed by atoms with van der Waals surface area (Å²) in [7, 11) is 1.46. The summed E-state index contributed by atoms with van der Waals surface area (Å²) in [6.45, 7) is 8.43. The molecule has 7 nitrogen and oxygen atoms in total. The highest BCUT2D eigenvalue weighted by atomic mass is 19.1. The average molecular weight is 443 g/mol. The maximum atomic E-state index is 14.4. The first-order chi connectivity index (χ1) is 15.9. The largest absolute Gasteiger partial charge is 0.504 e. The Labute approximate surface area is 191 Å². The fourth-order valence-corrected chi connectivity index (χ4v) is 3.98. The topological polar surface area (TPSA) is 99.8 Å². The van der Waals surface area contributed by atoms with Crippen LogP contribution < -0.4 is 15.4 Å². The van der Waals surface area contributed by atoms with Crippen LogP contribution in [0, 0.1) is 23.7 Å². The number of aromatic hydroxyl groups is 1. The van der Waals surface area contributed by atoms with Crippen LogP contribution in [0.5, 0.6) is 11.5 Å². The summed E-state index contributed by atoms with van der Waals surface area (Å²) in [5.41, 5.74) is 8.36. The van der Waals surface area contributed by atoms with E-state index < -0.39 is 5.82 Å². The molecule has 0 bridgehead atoms. The summed E-state index contributed by atoms with van der Waals surface area (Å²) in [5, 5.41) is 20.2. The van der Waals surface area contributed by atoms with E-state index in [-0.39, 0.29) is 17.5 Å². The number of rotatable bonds is 4. The van der Waals surface area contributed by atoms with E-state index in [1.165, 1.54) is 25.3 Å². The number of methoxy groups -OCH3 is 1. The molecule has 0 aliphatic carbocycles. The van der Waals surface area contributed by atoms with E-state index >= 15 is 0 Å². The van der Waals surface area contributed by atoms with Crippen molar-refractivity contribution in [1.82, 2.24) is 4.98 Å². The third-order valence-electron chi connectivity index (χ3n) is 5.79. The molecule has 0 atom stereocenters. The first-order valence-electron chi connectivity index (χ1n) is 10.5. The Morgan fingerprint density at radius 1 is 1.21 bits per heavy atom. The minimum absolute atomic E-state index is 0.0628. The minimum atomic E-state index is -0.654. The second kappa shape index (κ2) is 9.15. The second-order valence-electron chi connectivity index (χ2n) is 7.86. The number of hydrogen-bond acceptors (Lipinski definition) is 6. The summed E-state index contributed by atoms with van der Waals surface area (Å²) in [5.74, 6) is 0.120. The van der Waals surface area contributed by atoms with Gasteiger partial charge in [-0.25, -0.2) is 14.2 Å². The lowest BCUT2D eigenvalue weighted by Crippen LogP contribution is -2.40. The Bertz CT molecular complexity index is 1290. The van der Waals surface area contributed by atoms with Gasteiger partial charge in [0.1, 0.15) is 17.7 Å². The quantitative estimate of drug-likeness (QED) is 0.571. The van der Waals surface area contributed by atoms with Crippen LogP contribution in [-0.2, 0) is 0 Å². The van der Waals surface area contributed by atoms with Crippen LogP contribution in [0.2, 0.25) is 0 Å².